The number of fused-ring (bicyclic) bond motifs is 1. The summed E-state index contributed by atoms with van der Waals surface area (Å²) < 4.78 is 6.76. The molecule has 0 spiro atoms. The topological polar surface area (TPSA) is 42.1 Å². The Bertz CT molecular complexity index is 496. The van der Waals surface area contributed by atoms with Gasteiger partial charge < -0.3 is 9.72 Å². The number of hydrogen-bond acceptors (Lipinski definition) is 2. The smallest absolute Gasteiger partial charge is 0.354 e. The van der Waals surface area contributed by atoms with E-state index in [2.05, 4.69) is 48.2 Å². The van der Waals surface area contributed by atoms with Crippen LogP contribution in [0.2, 0.25) is 0 Å². The van der Waals surface area contributed by atoms with E-state index in [0.717, 1.165) is 18.9 Å². The van der Waals surface area contributed by atoms with Gasteiger partial charge in [-0.05, 0) is 56.7 Å². The van der Waals surface area contributed by atoms with Gasteiger partial charge in [-0.25, -0.2) is 4.79 Å². The fraction of sp³-hybridized carbons (Fsp3) is 0.100. The maximum atomic E-state index is 11.3. The molecule has 3 nitrogen and oxygen atoms in total. The number of benzene rings is 1. The average molecular weight is 380 g/mol. The van der Waals surface area contributed by atoms with Crippen LogP contribution in [0.1, 0.15) is 10.5 Å². The normalized spacial score (nSPS) is 10.6. The van der Waals surface area contributed by atoms with Crippen LogP contribution in [0.4, 0.5) is 0 Å². The number of H-pyrrole nitrogens is 1. The molecule has 15 heavy (non-hydrogen) atoms. The second-order valence-electron chi connectivity index (χ2n) is 3.03. The van der Waals surface area contributed by atoms with Gasteiger partial charge in [0.05, 0.1) is 7.11 Å². The number of halogens is 2. The van der Waals surface area contributed by atoms with Crippen LogP contribution in [0.5, 0.6) is 0 Å². The minimum atomic E-state index is -0.350. The lowest BCUT2D eigenvalue weighted by atomic mass is 10.2. The van der Waals surface area contributed by atoms with Crippen LogP contribution in [0.3, 0.4) is 0 Å². The Labute approximate surface area is 108 Å². The second kappa shape index (κ2) is 4.13. The van der Waals surface area contributed by atoms with Crippen LogP contribution in [0.15, 0.2) is 22.7 Å². The number of nitrogens with one attached hydrogen (secondary N) is 1. The molecule has 0 aliphatic carbocycles. The van der Waals surface area contributed by atoms with Gasteiger partial charge in [0.2, 0.25) is 0 Å². The Morgan fingerprint density at radius 1 is 1.47 bits per heavy atom. The lowest BCUT2D eigenvalue weighted by Gasteiger charge is -1.95. The first kappa shape index (κ1) is 10.9. The van der Waals surface area contributed by atoms with Gasteiger partial charge in [-0.3, -0.25) is 0 Å². The number of carbonyl (C=O) groups is 1. The van der Waals surface area contributed by atoms with Gasteiger partial charge in [-0.2, -0.15) is 0 Å². The maximum absolute atomic E-state index is 11.3. The van der Waals surface area contributed by atoms with Crippen molar-refractivity contribution >= 4 is 55.4 Å². The number of aromatic nitrogens is 1. The molecule has 1 aromatic heterocycles. The highest BCUT2D eigenvalue weighted by Crippen LogP contribution is 2.26. The van der Waals surface area contributed by atoms with E-state index in [1.165, 1.54) is 7.11 Å². The van der Waals surface area contributed by atoms with Crippen LogP contribution in [-0.2, 0) is 4.74 Å². The van der Waals surface area contributed by atoms with E-state index in [-0.39, 0.29) is 5.97 Å². The van der Waals surface area contributed by atoms with Gasteiger partial charge >= 0.3 is 5.97 Å². The van der Waals surface area contributed by atoms with Crippen LogP contribution >= 0.6 is 38.5 Å². The van der Waals surface area contributed by atoms with E-state index in [4.69, 9.17) is 0 Å². The molecule has 2 aromatic rings. The summed E-state index contributed by atoms with van der Waals surface area (Å²) in [5.41, 5.74) is 1.41. The van der Waals surface area contributed by atoms with Gasteiger partial charge in [-0.1, -0.05) is 0 Å². The zero-order chi connectivity index (χ0) is 11.0. The molecule has 78 valence electrons. The third-order valence-corrected chi connectivity index (χ3v) is 4.36. The van der Waals surface area contributed by atoms with Crippen LogP contribution in [-0.4, -0.2) is 18.1 Å². The fourth-order valence-corrected chi connectivity index (χ4v) is 2.17. The zero-order valence-electron chi connectivity index (χ0n) is 7.80. The summed E-state index contributed by atoms with van der Waals surface area (Å²) in [7, 11) is 1.37. The van der Waals surface area contributed by atoms with Crippen molar-refractivity contribution in [1.29, 1.82) is 0 Å². The molecular formula is C10H7BrINO2. The Hall–Kier alpha value is -0.560. The Kier molecular flexibility index (Phi) is 3.01. The van der Waals surface area contributed by atoms with E-state index in [1.54, 1.807) is 6.07 Å². The minimum Gasteiger partial charge on any atom is -0.464 e. The van der Waals surface area contributed by atoms with E-state index in [1.807, 2.05) is 12.1 Å². The summed E-state index contributed by atoms with van der Waals surface area (Å²) >= 11 is 5.67. The van der Waals surface area contributed by atoms with Crippen molar-refractivity contribution in [2.24, 2.45) is 0 Å². The molecule has 0 aliphatic rings. The quantitative estimate of drug-likeness (QED) is 0.610. The molecule has 0 unspecified atom stereocenters. The molecule has 1 aromatic carbocycles. The zero-order valence-corrected chi connectivity index (χ0v) is 11.5. The summed E-state index contributed by atoms with van der Waals surface area (Å²) in [4.78, 5) is 14.3. The molecule has 0 radical (unpaired) electrons. The van der Waals surface area contributed by atoms with Crippen molar-refractivity contribution in [3.63, 3.8) is 0 Å². The number of aromatic amines is 1. The average Bonchev–Trinajstić information content (AvgIpc) is 2.60. The molecular weight excluding hydrogens is 373 g/mol. The molecule has 0 saturated heterocycles. The van der Waals surface area contributed by atoms with Crippen molar-refractivity contribution in [3.05, 3.63) is 31.9 Å². The van der Waals surface area contributed by atoms with Crippen LogP contribution < -0.4 is 0 Å². The number of hydrogen-bond donors (Lipinski definition) is 1. The summed E-state index contributed by atoms with van der Waals surface area (Å²) in [5, 5.41) is 0.989. The predicted molar refractivity (Wildman–Crippen MR) is 70.1 cm³/mol. The number of esters is 1. The first-order valence-corrected chi connectivity index (χ1v) is 6.05. The third kappa shape index (κ3) is 2.03. The number of carbonyl (C=O) groups excluding carboxylic acids is 1. The second-order valence-corrected chi connectivity index (χ2v) is 5.04. The lowest BCUT2D eigenvalue weighted by molar-refractivity contribution is 0.0595. The van der Waals surface area contributed by atoms with Gasteiger partial charge in [-0.15, -0.1) is 0 Å². The van der Waals surface area contributed by atoms with Crippen molar-refractivity contribution in [2.45, 2.75) is 0 Å². The highest BCUT2D eigenvalue weighted by atomic mass is 127. The molecule has 0 bridgehead atoms. The Morgan fingerprint density at radius 3 is 2.87 bits per heavy atom. The number of rotatable bonds is 1. The van der Waals surface area contributed by atoms with Crippen LogP contribution in [0, 0.1) is 3.57 Å². The van der Waals surface area contributed by atoms with Gasteiger partial charge in [0.1, 0.15) is 5.69 Å². The largest absolute Gasteiger partial charge is 0.464 e. The summed E-state index contributed by atoms with van der Waals surface area (Å²) in [6.45, 7) is 0. The predicted octanol–water partition coefficient (Wildman–Crippen LogP) is 3.32. The molecule has 0 amide bonds. The molecule has 0 fully saturated rings. The molecule has 5 heteroatoms. The summed E-state index contributed by atoms with van der Waals surface area (Å²) in [6, 6.07) is 5.73. The van der Waals surface area contributed by atoms with E-state index in [9.17, 15) is 4.79 Å². The SMILES string of the molecule is COC(=O)c1cc2cc(Br)c(I)cc2[nH]1. The summed E-state index contributed by atoms with van der Waals surface area (Å²) in [6.07, 6.45) is 0. The standard InChI is InChI=1S/C10H7BrINO2/c1-15-10(14)9-3-5-2-6(11)7(12)4-8(5)13-9/h2-4,13H,1H3. The number of methoxy groups -OCH3 is 1. The monoisotopic (exact) mass is 379 g/mol. The van der Waals surface area contributed by atoms with E-state index < -0.39 is 0 Å². The molecule has 0 saturated carbocycles. The summed E-state index contributed by atoms with van der Waals surface area (Å²) in [5.74, 6) is -0.350. The van der Waals surface area contributed by atoms with Gasteiger partial charge in [0.15, 0.2) is 0 Å². The van der Waals surface area contributed by atoms with Crippen molar-refractivity contribution in [2.75, 3.05) is 7.11 Å². The maximum Gasteiger partial charge on any atom is 0.354 e. The van der Waals surface area contributed by atoms with E-state index in [0.29, 0.717) is 5.69 Å². The first-order chi connectivity index (χ1) is 7.11. The van der Waals surface area contributed by atoms with E-state index >= 15 is 0 Å². The Balaban J connectivity index is 2.61. The molecule has 2 rings (SSSR count). The number of ether oxygens (including phenoxy) is 1. The van der Waals surface area contributed by atoms with Crippen molar-refractivity contribution in [1.82, 2.24) is 4.98 Å². The van der Waals surface area contributed by atoms with Gasteiger partial charge in [0.25, 0.3) is 0 Å². The van der Waals surface area contributed by atoms with Crippen molar-refractivity contribution < 1.29 is 9.53 Å². The molecule has 1 N–H and O–H groups in total. The van der Waals surface area contributed by atoms with Crippen LogP contribution in [0.25, 0.3) is 10.9 Å². The minimum absolute atomic E-state index is 0.350. The highest BCUT2D eigenvalue weighted by Gasteiger charge is 2.10. The third-order valence-electron chi connectivity index (χ3n) is 2.07. The van der Waals surface area contributed by atoms with Crippen molar-refractivity contribution in [3.8, 4) is 0 Å². The highest BCUT2D eigenvalue weighted by molar-refractivity contribution is 14.1. The lowest BCUT2D eigenvalue weighted by Crippen LogP contribution is -2.00. The fourth-order valence-electron chi connectivity index (χ4n) is 1.35. The molecule has 0 atom stereocenters. The van der Waals surface area contributed by atoms with Gasteiger partial charge in [0, 0.05) is 18.9 Å². The Morgan fingerprint density at radius 2 is 2.20 bits per heavy atom. The first-order valence-electron chi connectivity index (χ1n) is 4.18. The molecule has 0 aliphatic heterocycles. The molecule has 1 heterocycles.